The fourth-order valence-electron chi connectivity index (χ4n) is 2.57. The maximum atomic E-state index is 11.9. The van der Waals surface area contributed by atoms with E-state index in [4.69, 9.17) is 25.0 Å². The third-order valence-corrected chi connectivity index (χ3v) is 3.77. The average Bonchev–Trinajstić information content (AvgIpc) is 3.13. The highest BCUT2D eigenvalue weighted by Gasteiger charge is 2.47. The van der Waals surface area contributed by atoms with Crippen molar-refractivity contribution in [2.24, 2.45) is 0 Å². The lowest BCUT2D eigenvalue weighted by molar-refractivity contribution is -0.347. The summed E-state index contributed by atoms with van der Waals surface area (Å²) in [5.74, 6) is -0.0923. The summed E-state index contributed by atoms with van der Waals surface area (Å²) in [4.78, 5) is 32.5. The van der Waals surface area contributed by atoms with Crippen LogP contribution >= 0.6 is 0 Å². The van der Waals surface area contributed by atoms with Crippen LogP contribution in [-0.4, -0.2) is 75.0 Å². The number of methoxy groups -OCH3 is 1. The number of hydrogen-bond acceptors (Lipinski definition) is 10. The average molecular weight is 357 g/mol. The zero-order chi connectivity index (χ0) is 18.0. The Morgan fingerprint density at radius 2 is 2.28 bits per heavy atom. The third kappa shape index (κ3) is 3.35. The Hall–Kier alpha value is -2.09. The van der Waals surface area contributed by atoms with Gasteiger partial charge in [0.15, 0.2) is 23.5 Å². The molecule has 0 amide bonds. The topological polar surface area (TPSA) is 167 Å². The molecule has 12 nitrogen and oxygen atoms in total. The number of anilines is 1. The molecule has 2 unspecified atom stereocenters. The summed E-state index contributed by atoms with van der Waals surface area (Å²) in [6.45, 7) is -0.0105. The molecule has 3 rings (SSSR count). The van der Waals surface area contributed by atoms with E-state index < -0.39 is 36.7 Å². The number of rotatable bonds is 7. The third-order valence-electron chi connectivity index (χ3n) is 3.77. The largest absolute Gasteiger partial charge is 0.394 e. The molecule has 0 radical (unpaired) electrons. The maximum absolute atomic E-state index is 11.9. The highest BCUT2D eigenvalue weighted by atomic mass is 17.2. The first-order valence-electron chi connectivity index (χ1n) is 7.50. The molecule has 4 atom stereocenters. The van der Waals surface area contributed by atoms with Crippen molar-refractivity contribution in [3.8, 4) is 0 Å². The van der Waals surface area contributed by atoms with Crippen molar-refractivity contribution in [1.82, 2.24) is 19.5 Å². The molecule has 2 aromatic rings. The SMILES string of the molecule is COCCOOC1C(O)[C@@H](CO)O[C@H]1n1cnc2c(=O)[nH]c(N)nc21. The predicted molar refractivity (Wildman–Crippen MR) is 82.3 cm³/mol. The van der Waals surface area contributed by atoms with Gasteiger partial charge in [-0.3, -0.25) is 14.3 Å². The normalized spacial score (nSPS) is 26.5. The van der Waals surface area contributed by atoms with Gasteiger partial charge < -0.3 is 25.4 Å². The number of H-pyrrole nitrogens is 1. The van der Waals surface area contributed by atoms with Crippen LogP contribution in [0, 0.1) is 0 Å². The first kappa shape index (κ1) is 17.7. The molecule has 5 N–H and O–H groups in total. The van der Waals surface area contributed by atoms with E-state index in [1.54, 1.807) is 0 Å². The number of nitrogens with one attached hydrogen (secondary N) is 1. The Balaban J connectivity index is 1.91. The number of aliphatic hydroxyl groups excluding tert-OH is 2. The van der Waals surface area contributed by atoms with Crippen molar-refractivity contribution in [2.45, 2.75) is 24.5 Å². The Morgan fingerprint density at radius 1 is 1.48 bits per heavy atom. The van der Waals surface area contributed by atoms with E-state index in [2.05, 4.69) is 15.0 Å². The Morgan fingerprint density at radius 3 is 3.00 bits per heavy atom. The Labute approximate surface area is 141 Å². The van der Waals surface area contributed by atoms with Gasteiger partial charge in [0.05, 0.1) is 19.5 Å². The fraction of sp³-hybridized carbons (Fsp3) is 0.615. The first-order chi connectivity index (χ1) is 12.1. The molecule has 0 saturated carbocycles. The van der Waals surface area contributed by atoms with E-state index in [0.717, 1.165) is 0 Å². The molecule has 138 valence electrons. The molecule has 0 aliphatic carbocycles. The number of nitrogens with zero attached hydrogens (tertiary/aromatic N) is 3. The summed E-state index contributed by atoms with van der Waals surface area (Å²) >= 11 is 0. The second kappa shape index (κ2) is 7.43. The summed E-state index contributed by atoms with van der Waals surface area (Å²) in [5.41, 5.74) is 5.28. The van der Waals surface area contributed by atoms with Crippen LogP contribution in [0.15, 0.2) is 11.1 Å². The molecule has 2 aromatic heterocycles. The molecule has 0 spiro atoms. The van der Waals surface area contributed by atoms with Gasteiger partial charge in [-0.2, -0.15) is 4.98 Å². The summed E-state index contributed by atoms with van der Waals surface area (Å²) in [5, 5.41) is 19.7. The van der Waals surface area contributed by atoms with E-state index in [-0.39, 0.29) is 23.7 Å². The first-order valence-corrected chi connectivity index (χ1v) is 7.50. The van der Waals surface area contributed by atoms with Gasteiger partial charge in [-0.15, -0.1) is 0 Å². The molecule has 3 heterocycles. The van der Waals surface area contributed by atoms with Crippen LogP contribution in [0.4, 0.5) is 5.95 Å². The standard InChI is InChI=1S/C13H19N5O7/c1-22-2-3-23-25-9-8(20)6(4-19)24-12(9)18-5-15-7-10(18)16-13(14)17-11(7)21/h5-6,8-9,12,19-20H,2-4H2,1H3,(H3,14,16,17,21)/t6-,8?,9?,12-/m1/s1. The quantitative estimate of drug-likeness (QED) is 0.245. The molecule has 0 bridgehead atoms. The smallest absolute Gasteiger partial charge is 0.280 e. The molecule has 1 saturated heterocycles. The number of imidazole rings is 1. The summed E-state index contributed by atoms with van der Waals surface area (Å²) in [7, 11) is 1.51. The zero-order valence-corrected chi connectivity index (χ0v) is 13.4. The van der Waals surface area contributed by atoms with Crippen molar-refractivity contribution in [3.05, 3.63) is 16.7 Å². The monoisotopic (exact) mass is 357 g/mol. The van der Waals surface area contributed by atoms with Gasteiger partial charge in [-0.1, -0.05) is 0 Å². The Kier molecular flexibility index (Phi) is 5.27. The molecule has 0 aromatic carbocycles. The number of hydrogen-bond donors (Lipinski definition) is 4. The molecule has 25 heavy (non-hydrogen) atoms. The van der Waals surface area contributed by atoms with E-state index in [0.29, 0.717) is 6.61 Å². The minimum Gasteiger partial charge on any atom is -0.394 e. The minimum atomic E-state index is -1.17. The molecular weight excluding hydrogens is 338 g/mol. The van der Waals surface area contributed by atoms with Gasteiger partial charge in [0.2, 0.25) is 5.95 Å². The number of aromatic amines is 1. The predicted octanol–water partition coefficient (Wildman–Crippen LogP) is -2.08. The van der Waals surface area contributed by atoms with Crippen LogP contribution in [0.2, 0.25) is 0 Å². The van der Waals surface area contributed by atoms with Crippen LogP contribution in [0.25, 0.3) is 11.2 Å². The van der Waals surface area contributed by atoms with Crippen molar-refractivity contribution in [3.63, 3.8) is 0 Å². The molecule has 1 aliphatic rings. The van der Waals surface area contributed by atoms with Crippen LogP contribution in [-0.2, 0) is 19.2 Å². The van der Waals surface area contributed by atoms with Crippen LogP contribution in [0.5, 0.6) is 0 Å². The van der Waals surface area contributed by atoms with E-state index in [1.165, 1.54) is 18.0 Å². The van der Waals surface area contributed by atoms with Crippen molar-refractivity contribution < 1.29 is 29.5 Å². The van der Waals surface area contributed by atoms with Gasteiger partial charge in [0.1, 0.15) is 18.8 Å². The van der Waals surface area contributed by atoms with Crippen molar-refractivity contribution in [2.75, 3.05) is 32.7 Å². The van der Waals surface area contributed by atoms with Crippen LogP contribution < -0.4 is 11.3 Å². The summed E-state index contributed by atoms with van der Waals surface area (Å²) in [6, 6.07) is 0. The van der Waals surface area contributed by atoms with Crippen molar-refractivity contribution in [1.29, 1.82) is 0 Å². The lowest BCUT2D eigenvalue weighted by Crippen LogP contribution is -2.35. The second-order valence-corrected chi connectivity index (χ2v) is 5.39. The highest BCUT2D eigenvalue weighted by Crippen LogP contribution is 2.33. The van der Waals surface area contributed by atoms with Gasteiger partial charge in [0, 0.05) is 7.11 Å². The number of nitrogen functional groups attached to an aromatic ring is 1. The molecule has 12 heteroatoms. The lowest BCUT2D eigenvalue weighted by atomic mass is 10.1. The number of nitrogens with two attached hydrogens (primary N) is 1. The highest BCUT2D eigenvalue weighted by molar-refractivity contribution is 5.70. The molecular formula is C13H19N5O7. The van der Waals surface area contributed by atoms with E-state index in [9.17, 15) is 15.0 Å². The minimum absolute atomic E-state index is 0.0544. The number of ether oxygens (including phenoxy) is 2. The van der Waals surface area contributed by atoms with E-state index in [1.807, 2.05) is 0 Å². The molecule has 1 aliphatic heterocycles. The van der Waals surface area contributed by atoms with Gasteiger partial charge in [-0.05, 0) is 0 Å². The van der Waals surface area contributed by atoms with E-state index >= 15 is 0 Å². The lowest BCUT2D eigenvalue weighted by Gasteiger charge is -2.20. The summed E-state index contributed by atoms with van der Waals surface area (Å²) in [6.07, 6.45) is -2.69. The number of aromatic nitrogens is 4. The van der Waals surface area contributed by atoms with Crippen LogP contribution in [0.3, 0.4) is 0 Å². The summed E-state index contributed by atoms with van der Waals surface area (Å²) < 4.78 is 11.9. The maximum Gasteiger partial charge on any atom is 0.280 e. The number of aliphatic hydroxyl groups is 2. The van der Waals surface area contributed by atoms with Crippen LogP contribution in [0.1, 0.15) is 6.23 Å². The van der Waals surface area contributed by atoms with Gasteiger partial charge in [-0.25, -0.2) is 14.8 Å². The number of fused-ring (bicyclic) bond motifs is 1. The zero-order valence-electron chi connectivity index (χ0n) is 13.4. The molecule has 1 fully saturated rings. The Bertz CT molecular complexity index is 778. The second-order valence-electron chi connectivity index (χ2n) is 5.39. The van der Waals surface area contributed by atoms with Gasteiger partial charge in [0.25, 0.3) is 5.56 Å². The van der Waals surface area contributed by atoms with Crippen molar-refractivity contribution >= 4 is 17.1 Å². The fourth-order valence-corrected chi connectivity index (χ4v) is 2.57. The van der Waals surface area contributed by atoms with Gasteiger partial charge >= 0.3 is 0 Å².